The quantitative estimate of drug-likeness (QED) is 0.740. The lowest BCUT2D eigenvalue weighted by Crippen LogP contribution is -2.48. The van der Waals surface area contributed by atoms with Crippen LogP contribution in [0.25, 0.3) is 0 Å². The number of rotatable bonds is 5. The van der Waals surface area contributed by atoms with Crippen molar-refractivity contribution in [1.29, 1.82) is 5.26 Å². The number of ether oxygens (including phenoxy) is 1. The topological polar surface area (TPSA) is 87.4 Å². The Morgan fingerprint density at radius 3 is 1.94 bits per heavy atom. The maximum Gasteiger partial charge on any atom is 0.327 e. The van der Waals surface area contributed by atoms with Gasteiger partial charge in [-0.05, 0) is 11.8 Å². The van der Waals surface area contributed by atoms with Crippen molar-refractivity contribution in [2.75, 3.05) is 7.11 Å². The maximum atomic E-state index is 11.8. The Morgan fingerprint density at radius 2 is 1.76 bits per heavy atom. The second kappa shape index (κ2) is 5.67. The Hall–Kier alpha value is -1.57. The van der Waals surface area contributed by atoms with Gasteiger partial charge in [-0.15, -0.1) is 0 Å². The third-order valence-electron chi connectivity index (χ3n) is 3.04. The van der Waals surface area contributed by atoms with E-state index in [1.165, 1.54) is 0 Å². The molecule has 0 bridgehead atoms. The molecule has 0 aliphatic heterocycles. The molecule has 0 aliphatic rings. The average Bonchev–Trinajstić information content (AvgIpc) is 2.22. The summed E-state index contributed by atoms with van der Waals surface area (Å²) >= 11 is 0. The molecule has 1 N–H and O–H groups in total. The highest BCUT2D eigenvalue weighted by molar-refractivity contribution is 5.87. The van der Waals surface area contributed by atoms with Crippen LogP contribution in [0.3, 0.4) is 0 Å². The third-order valence-corrected chi connectivity index (χ3v) is 3.04. The van der Waals surface area contributed by atoms with Crippen LogP contribution in [0.5, 0.6) is 0 Å². The molecule has 0 heterocycles. The van der Waals surface area contributed by atoms with Gasteiger partial charge in [0.15, 0.2) is 5.41 Å². The molecule has 0 aromatic rings. The fraction of sp³-hybridized carbons (Fsp3) is 0.750. The van der Waals surface area contributed by atoms with E-state index in [2.05, 4.69) is 4.74 Å². The van der Waals surface area contributed by atoms with Gasteiger partial charge in [0.05, 0.1) is 19.1 Å². The van der Waals surface area contributed by atoms with Crippen LogP contribution in [0, 0.1) is 34.5 Å². The molecule has 17 heavy (non-hydrogen) atoms. The van der Waals surface area contributed by atoms with Gasteiger partial charge >= 0.3 is 11.9 Å². The van der Waals surface area contributed by atoms with E-state index in [-0.39, 0.29) is 5.92 Å². The van der Waals surface area contributed by atoms with E-state index in [1.807, 2.05) is 6.07 Å². The molecule has 5 nitrogen and oxygen atoms in total. The van der Waals surface area contributed by atoms with Crippen LogP contribution in [-0.2, 0) is 14.3 Å². The van der Waals surface area contributed by atoms with Crippen molar-refractivity contribution >= 4 is 11.9 Å². The second-order valence-electron chi connectivity index (χ2n) is 4.69. The molecule has 96 valence electrons. The normalized spacial score (nSPS) is 16.1. The van der Waals surface area contributed by atoms with Crippen LogP contribution in [0.1, 0.15) is 27.7 Å². The zero-order valence-electron chi connectivity index (χ0n) is 10.9. The van der Waals surface area contributed by atoms with E-state index < -0.39 is 29.2 Å². The lowest BCUT2D eigenvalue weighted by molar-refractivity contribution is -0.166. The number of carboxylic acids is 1. The molecule has 0 aromatic heterocycles. The molecule has 0 saturated heterocycles. The Morgan fingerprint density at radius 1 is 1.29 bits per heavy atom. The van der Waals surface area contributed by atoms with Gasteiger partial charge in [-0.3, -0.25) is 9.59 Å². The van der Waals surface area contributed by atoms with Crippen LogP contribution in [-0.4, -0.2) is 24.2 Å². The minimum absolute atomic E-state index is 0.339. The van der Waals surface area contributed by atoms with E-state index in [0.717, 1.165) is 7.11 Å². The number of nitrogens with zero attached hydrogens (tertiary/aromatic N) is 1. The number of aliphatic carboxylic acids is 1. The van der Waals surface area contributed by atoms with Crippen LogP contribution in [0.15, 0.2) is 0 Å². The smallest absolute Gasteiger partial charge is 0.327 e. The lowest BCUT2D eigenvalue weighted by atomic mass is 9.64. The first-order valence-corrected chi connectivity index (χ1v) is 5.48. The number of carboxylic acid groups (broad SMARTS) is 1. The summed E-state index contributed by atoms with van der Waals surface area (Å²) in [6.45, 7) is 6.66. The molecule has 0 spiro atoms. The van der Waals surface area contributed by atoms with Gasteiger partial charge < -0.3 is 9.84 Å². The van der Waals surface area contributed by atoms with Crippen molar-refractivity contribution < 1.29 is 19.4 Å². The van der Waals surface area contributed by atoms with Gasteiger partial charge in [0, 0.05) is 0 Å². The van der Waals surface area contributed by atoms with Gasteiger partial charge in [0.25, 0.3) is 0 Å². The summed E-state index contributed by atoms with van der Waals surface area (Å²) in [6, 6.07) is 1.87. The second-order valence-corrected chi connectivity index (χ2v) is 4.69. The zero-order chi connectivity index (χ0) is 13.8. The molecule has 0 amide bonds. The number of carbonyl (C=O) groups is 2. The molecule has 0 rings (SSSR count). The van der Waals surface area contributed by atoms with Crippen molar-refractivity contribution in [3.8, 4) is 6.07 Å². The monoisotopic (exact) mass is 241 g/mol. The van der Waals surface area contributed by atoms with Crippen molar-refractivity contribution in [3.63, 3.8) is 0 Å². The van der Waals surface area contributed by atoms with Crippen molar-refractivity contribution in [3.05, 3.63) is 0 Å². The minimum atomic E-state index is -1.64. The predicted molar refractivity (Wildman–Crippen MR) is 60.9 cm³/mol. The van der Waals surface area contributed by atoms with Crippen molar-refractivity contribution in [1.82, 2.24) is 0 Å². The van der Waals surface area contributed by atoms with E-state index in [0.29, 0.717) is 0 Å². The molecule has 0 aromatic carbocycles. The maximum absolute atomic E-state index is 11.8. The molecular weight excluding hydrogens is 222 g/mol. The summed E-state index contributed by atoms with van der Waals surface area (Å²) in [7, 11) is 1.16. The van der Waals surface area contributed by atoms with Gasteiger partial charge in [-0.25, -0.2) is 0 Å². The summed E-state index contributed by atoms with van der Waals surface area (Å²) in [5.41, 5.74) is -1.64. The number of nitriles is 1. The Labute approximate surface area is 101 Å². The SMILES string of the molecule is COC(=O)C(C#N)(C(C)C)C(C(=O)O)C(C)C. The van der Waals surface area contributed by atoms with E-state index in [9.17, 15) is 20.0 Å². The fourth-order valence-electron chi connectivity index (χ4n) is 2.14. The summed E-state index contributed by atoms with van der Waals surface area (Å²) in [5.74, 6) is -3.80. The predicted octanol–water partition coefficient (Wildman–Crippen LogP) is 1.68. The Bertz CT molecular complexity index is 343. The number of esters is 1. The number of carbonyl (C=O) groups excluding carboxylic acids is 1. The summed E-state index contributed by atoms with van der Waals surface area (Å²) < 4.78 is 4.62. The van der Waals surface area contributed by atoms with Crippen LogP contribution < -0.4 is 0 Å². The van der Waals surface area contributed by atoms with Crippen molar-refractivity contribution in [2.24, 2.45) is 23.2 Å². The highest BCUT2D eigenvalue weighted by atomic mass is 16.5. The molecular formula is C12H19NO4. The first kappa shape index (κ1) is 15.4. The molecule has 2 atom stereocenters. The van der Waals surface area contributed by atoms with Gasteiger partial charge in [0.1, 0.15) is 0 Å². The Kier molecular flexibility index (Phi) is 5.14. The standard InChI is InChI=1S/C12H19NO4/c1-7(2)9(10(14)15)12(6-13,8(3)4)11(16)17-5/h7-9H,1-5H3,(H,14,15). The third kappa shape index (κ3) is 2.57. The number of hydrogen-bond acceptors (Lipinski definition) is 4. The van der Waals surface area contributed by atoms with Gasteiger partial charge in [-0.2, -0.15) is 5.26 Å². The summed E-state index contributed by atoms with van der Waals surface area (Å²) in [6.07, 6.45) is 0. The van der Waals surface area contributed by atoms with Crippen LogP contribution in [0.4, 0.5) is 0 Å². The van der Waals surface area contributed by atoms with Crippen LogP contribution in [0.2, 0.25) is 0 Å². The number of methoxy groups -OCH3 is 1. The summed E-state index contributed by atoms with van der Waals surface area (Å²) in [5, 5.41) is 18.5. The zero-order valence-corrected chi connectivity index (χ0v) is 10.9. The van der Waals surface area contributed by atoms with Crippen LogP contribution >= 0.6 is 0 Å². The average molecular weight is 241 g/mol. The fourth-order valence-corrected chi connectivity index (χ4v) is 2.14. The first-order chi connectivity index (χ1) is 7.75. The first-order valence-electron chi connectivity index (χ1n) is 5.48. The number of hydrogen-bond donors (Lipinski definition) is 1. The molecule has 2 unspecified atom stereocenters. The van der Waals surface area contributed by atoms with E-state index in [1.54, 1.807) is 27.7 Å². The minimum Gasteiger partial charge on any atom is -0.481 e. The molecule has 0 radical (unpaired) electrons. The highest BCUT2D eigenvalue weighted by Gasteiger charge is 2.54. The molecule has 0 saturated carbocycles. The Balaban J connectivity index is 5.83. The molecule has 0 fully saturated rings. The highest BCUT2D eigenvalue weighted by Crippen LogP contribution is 2.41. The van der Waals surface area contributed by atoms with E-state index >= 15 is 0 Å². The van der Waals surface area contributed by atoms with Gasteiger partial charge in [-0.1, -0.05) is 27.7 Å². The largest absolute Gasteiger partial charge is 0.481 e. The molecule has 5 heteroatoms. The lowest BCUT2D eigenvalue weighted by Gasteiger charge is -2.35. The summed E-state index contributed by atoms with van der Waals surface area (Å²) in [4.78, 5) is 23.2. The van der Waals surface area contributed by atoms with Crippen molar-refractivity contribution in [2.45, 2.75) is 27.7 Å². The van der Waals surface area contributed by atoms with Gasteiger partial charge in [0.2, 0.25) is 0 Å². The molecule has 0 aliphatic carbocycles. The van der Waals surface area contributed by atoms with E-state index in [4.69, 9.17) is 0 Å².